The van der Waals surface area contributed by atoms with Crippen LogP contribution in [0, 0.1) is 13.8 Å². The van der Waals surface area contributed by atoms with Gasteiger partial charge in [0.1, 0.15) is 6.26 Å². The minimum atomic E-state index is 0.585. The Morgan fingerprint density at radius 2 is 2.11 bits per heavy atom. The van der Waals surface area contributed by atoms with Crippen LogP contribution in [0.4, 0.5) is 0 Å². The largest absolute Gasteiger partial charge is 0.443 e. The summed E-state index contributed by atoms with van der Waals surface area (Å²) in [7, 11) is 0. The van der Waals surface area contributed by atoms with Crippen LogP contribution in [-0.2, 0) is 0 Å². The van der Waals surface area contributed by atoms with Crippen molar-refractivity contribution in [2.45, 2.75) is 13.8 Å². The molecule has 2 heterocycles. The van der Waals surface area contributed by atoms with Gasteiger partial charge in [0, 0.05) is 10.4 Å². The zero-order valence-electron chi connectivity index (χ0n) is 10.2. The lowest BCUT2D eigenvalue weighted by molar-refractivity contribution is 0.574. The zero-order valence-corrected chi connectivity index (χ0v) is 11.0. The van der Waals surface area contributed by atoms with Gasteiger partial charge in [-0.3, -0.25) is 0 Å². The highest BCUT2D eigenvalue weighted by Crippen LogP contribution is 2.32. The fraction of sp³-hybridized carbons (Fsp3) is 0.143. The molecule has 0 amide bonds. The summed E-state index contributed by atoms with van der Waals surface area (Å²) in [4.78, 5) is 9.93. The van der Waals surface area contributed by atoms with E-state index >= 15 is 0 Å². The fourth-order valence-corrected chi connectivity index (χ4v) is 2.75. The van der Waals surface area contributed by atoms with Crippen molar-refractivity contribution in [1.82, 2.24) is 9.97 Å². The minimum Gasteiger partial charge on any atom is -0.443 e. The number of aryl methyl sites for hydroxylation is 2. The Morgan fingerprint density at radius 3 is 2.83 bits per heavy atom. The first kappa shape index (κ1) is 11.2. The highest BCUT2D eigenvalue weighted by Gasteiger charge is 2.13. The first-order valence-corrected chi connectivity index (χ1v) is 6.50. The number of benzene rings is 1. The van der Waals surface area contributed by atoms with E-state index < -0.39 is 0 Å². The molecule has 18 heavy (non-hydrogen) atoms. The van der Waals surface area contributed by atoms with Crippen molar-refractivity contribution in [1.29, 1.82) is 0 Å². The lowest BCUT2D eigenvalue weighted by Gasteiger charge is -1.99. The second-order valence-electron chi connectivity index (χ2n) is 4.13. The van der Waals surface area contributed by atoms with Crippen LogP contribution in [0.25, 0.3) is 22.2 Å². The van der Waals surface area contributed by atoms with E-state index in [-0.39, 0.29) is 0 Å². The molecule has 0 saturated carbocycles. The normalized spacial score (nSPS) is 10.8. The second kappa shape index (κ2) is 4.38. The summed E-state index contributed by atoms with van der Waals surface area (Å²) >= 11 is 1.61. The monoisotopic (exact) mass is 256 g/mol. The maximum atomic E-state index is 5.28. The molecule has 3 nitrogen and oxygen atoms in total. The Hall–Kier alpha value is -1.94. The van der Waals surface area contributed by atoms with E-state index in [1.807, 2.05) is 6.07 Å². The highest BCUT2D eigenvalue weighted by atomic mass is 32.1. The molecule has 0 aliphatic carbocycles. The molecule has 2 aromatic heterocycles. The van der Waals surface area contributed by atoms with Crippen molar-refractivity contribution in [3.8, 4) is 22.2 Å². The van der Waals surface area contributed by atoms with Gasteiger partial charge in [-0.25, -0.2) is 9.97 Å². The van der Waals surface area contributed by atoms with Crippen LogP contribution < -0.4 is 0 Å². The number of hydrogen-bond donors (Lipinski definition) is 0. The molecule has 0 fully saturated rings. The van der Waals surface area contributed by atoms with Crippen LogP contribution in [0.2, 0.25) is 0 Å². The van der Waals surface area contributed by atoms with E-state index in [0.717, 1.165) is 16.3 Å². The average molecular weight is 256 g/mol. The van der Waals surface area contributed by atoms with Gasteiger partial charge in [0.15, 0.2) is 5.01 Å². The van der Waals surface area contributed by atoms with Gasteiger partial charge in [0.25, 0.3) is 5.89 Å². The number of rotatable bonds is 2. The SMILES string of the molecule is Cc1cccc(-c2nc(-c3ncco3)sc2C)c1. The van der Waals surface area contributed by atoms with Gasteiger partial charge in [0.2, 0.25) is 0 Å². The Morgan fingerprint density at radius 1 is 1.22 bits per heavy atom. The number of oxazole rings is 1. The molecule has 0 aliphatic heterocycles. The Balaban J connectivity index is 2.09. The fourth-order valence-electron chi connectivity index (χ4n) is 1.88. The maximum Gasteiger partial charge on any atom is 0.255 e. The summed E-state index contributed by atoms with van der Waals surface area (Å²) in [5.41, 5.74) is 3.39. The number of aromatic nitrogens is 2. The summed E-state index contributed by atoms with van der Waals surface area (Å²) in [6, 6.07) is 8.35. The predicted molar refractivity (Wildman–Crippen MR) is 72.5 cm³/mol. The molecular formula is C14H12N2OS. The molecule has 4 heteroatoms. The number of thiazole rings is 1. The maximum absolute atomic E-state index is 5.28. The third-order valence-corrected chi connectivity index (χ3v) is 3.66. The number of hydrogen-bond acceptors (Lipinski definition) is 4. The summed E-state index contributed by atoms with van der Waals surface area (Å²) in [6.45, 7) is 4.15. The van der Waals surface area contributed by atoms with E-state index in [1.54, 1.807) is 23.8 Å². The van der Waals surface area contributed by atoms with Crippen molar-refractivity contribution in [3.63, 3.8) is 0 Å². The van der Waals surface area contributed by atoms with Gasteiger partial charge >= 0.3 is 0 Å². The third kappa shape index (κ3) is 1.95. The van der Waals surface area contributed by atoms with Gasteiger partial charge < -0.3 is 4.42 Å². The van der Waals surface area contributed by atoms with Gasteiger partial charge in [-0.15, -0.1) is 11.3 Å². The minimum absolute atomic E-state index is 0.585. The van der Waals surface area contributed by atoms with E-state index in [9.17, 15) is 0 Å². The molecule has 0 unspecified atom stereocenters. The molecule has 3 aromatic rings. The van der Waals surface area contributed by atoms with Crippen LogP contribution in [0.5, 0.6) is 0 Å². The van der Waals surface area contributed by atoms with Crippen LogP contribution >= 0.6 is 11.3 Å². The standard InChI is InChI=1S/C14H12N2OS/c1-9-4-3-5-11(8-9)12-10(2)18-14(16-12)13-15-6-7-17-13/h3-8H,1-2H3. The van der Waals surface area contributed by atoms with Crippen LogP contribution in [-0.4, -0.2) is 9.97 Å². The van der Waals surface area contributed by atoms with Gasteiger partial charge in [-0.1, -0.05) is 23.8 Å². The lowest BCUT2D eigenvalue weighted by Crippen LogP contribution is -1.82. The molecule has 3 rings (SSSR count). The summed E-state index contributed by atoms with van der Waals surface area (Å²) in [6.07, 6.45) is 3.21. The van der Waals surface area contributed by atoms with Crippen LogP contribution in [0.1, 0.15) is 10.4 Å². The van der Waals surface area contributed by atoms with Crippen LogP contribution in [0.15, 0.2) is 41.1 Å². The molecule has 0 saturated heterocycles. The summed E-state index contributed by atoms with van der Waals surface area (Å²) in [5.74, 6) is 0.585. The smallest absolute Gasteiger partial charge is 0.255 e. The average Bonchev–Trinajstić information content (AvgIpc) is 2.97. The molecule has 0 N–H and O–H groups in total. The quantitative estimate of drug-likeness (QED) is 0.693. The van der Waals surface area contributed by atoms with Gasteiger partial charge in [0.05, 0.1) is 11.9 Å². The molecular weight excluding hydrogens is 244 g/mol. The Kier molecular flexibility index (Phi) is 2.72. The van der Waals surface area contributed by atoms with Crippen molar-refractivity contribution in [2.75, 3.05) is 0 Å². The first-order chi connectivity index (χ1) is 8.74. The molecule has 0 aliphatic rings. The van der Waals surface area contributed by atoms with Crippen molar-refractivity contribution < 1.29 is 4.42 Å². The topological polar surface area (TPSA) is 38.9 Å². The lowest BCUT2D eigenvalue weighted by atomic mass is 10.1. The van der Waals surface area contributed by atoms with Gasteiger partial charge in [-0.2, -0.15) is 0 Å². The molecule has 0 bridgehead atoms. The van der Waals surface area contributed by atoms with E-state index in [2.05, 4.69) is 42.0 Å². The summed E-state index contributed by atoms with van der Waals surface area (Å²) < 4.78 is 5.28. The molecule has 1 aromatic carbocycles. The second-order valence-corrected chi connectivity index (χ2v) is 5.33. The van der Waals surface area contributed by atoms with E-state index in [4.69, 9.17) is 4.42 Å². The predicted octanol–water partition coefficient (Wildman–Crippen LogP) is 4.08. The van der Waals surface area contributed by atoms with E-state index in [1.165, 1.54) is 10.4 Å². The first-order valence-electron chi connectivity index (χ1n) is 5.68. The van der Waals surface area contributed by atoms with Crippen molar-refractivity contribution in [3.05, 3.63) is 47.2 Å². The molecule has 0 atom stereocenters. The molecule has 0 radical (unpaired) electrons. The van der Waals surface area contributed by atoms with Crippen molar-refractivity contribution >= 4 is 11.3 Å². The molecule has 90 valence electrons. The summed E-state index contributed by atoms with van der Waals surface area (Å²) in [5, 5.41) is 0.828. The molecule has 0 spiro atoms. The third-order valence-electron chi connectivity index (χ3n) is 2.70. The van der Waals surface area contributed by atoms with Crippen molar-refractivity contribution in [2.24, 2.45) is 0 Å². The van der Waals surface area contributed by atoms with Crippen LogP contribution in [0.3, 0.4) is 0 Å². The van der Waals surface area contributed by atoms with E-state index in [0.29, 0.717) is 5.89 Å². The Bertz CT molecular complexity index is 671. The number of nitrogens with zero attached hydrogens (tertiary/aromatic N) is 2. The van der Waals surface area contributed by atoms with Gasteiger partial charge in [-0.05, 0) is 19.9 Å². The zero-order chi connectivity index (χ0) is 12.5. The Labute approximate surface area is 109 Å². The highest BCUT2D eigenvalue weighted by molar-refractivity contribution is 7.15.